The Morgan fingerprint density at radius 1 is 1.36 bits per heavy atom. The van der Waals surface area contributed by atoms with Crippen molar-refractivity contribution in [1.29, 1.82) is 0 Å². The van der Waals surface area contributed by atoms with Crippen molar-refractivity contribution in [2.45, 2.75) is 59.2 Å². The van der Waals surface area contributed by atoms with Gasteiger partial charge in [0, 0.05) is 24.7 Å². The van der Waals surface area contributed by atoms with Crippen LogP contribution in [0.25, 0.3) is 0 Å². The van der Waals surface area contributed by atoms with Crippen molar-refractivity contribution in [3.8, 4) is 0 Å². The summed E-state index contributed by atoms with van der Waals surface area (Å²) >= 11 is 0. The monoisotopic (exact) mass is 306 g/mol. The molecular formula is C17H22O5. The lowest BCUT2D eigenvalue weighted by molar-refractivity contribution is -0.157. The fraction of sp³-hybridized carbons (Fsp3) is 0.706. The molecule has 22 heavy (non-hydrogen) atoms. The minimum Gasteiger partial charge on any atom is -0.461 e. The van der Waals surface area contributed by atoms with Gasteiger partial charge in [-0.25, -0.2) is 0 Å². The van der Waals surface area contributed by atoms with Crippen LogP contribution < -0.4 is 0 Å². The molecule has 0 spiro atoms. The van der Waals surface area contributed by atoms with Crippen LogP contribution in [0.15, 0.2) is 11.1 Å². The molecule has 3 aliphatic rings. The normalized spacial score (nSPS) is 40.9. The third-order valence-corrected chi connectivity index (χ3v) is 5.75. The molecule has 0 radical (unpaired) electrons. The second-order valence-corrected chi connectivity index (χ2v) is 7.03. The molecule has 0 N–H and O–H groups in total. The number of esters is 2. The number of hydrogen-bond donors (Lipinski definition) is 0. The van der Waals surface area contributed by atoms with Gasteiger partial charge in [0.25, 0.3) is 0 Å². The lowest BCUT2D eigenvalue weighted by Crippen LogP contribution is -2.50. The highest BCUT2D eigenvalue weighted by atomic mass is 16.6. The van der Waals surface area contributed by atoms with Gasteiger partial charge in [-0.1, -0.05) is 13.8 Å². The molecule has 0 aromatic carbocycles. The van der Waals surface area contributed by atoms with E-state index in [0.29, 0.717) is 5.57 Å². The summed E-state index contributed by atoms with van der Waals surface area (Å²) in [4.78, 5) is 35.7. The first-order valence-corrected chi connectivity index (χ1v) is 7.88. The molecule has 1 saturated carbocycles. The van der Waals surface area contributed by atoms with Gasteiger partial charge in [-0.05, 0) is 30.9 Å². The highest BCUT2D eigenvalue weighted by Gasteiger charge is 2.57. The Labute approximate surface area is 130 Å². The summed E-state index contributed by atoms with van der Waals surface area (Å²) in [6.07, 6.45) is 1.05. The Morgan fingerprint density at radius 3 is 2.68 bits per heavy atom. The summed E-state index contributed by atoms with van der Waals surface area (Å²) in [5.74, 6) is -0.609. The maximum absolute atomic E-state index is 12.3. The van der Waals surface area contributed by atoms with Crippen LogP contribution in [0.4, 0.5) is 0 Å². The number of carbonyl (C=O) groups excluding carboxylic acids is 3. The van der Waals surface area contributed by atoms with Gasteiger partial charge in [0.2, 0.25) is 0 Å². The molecule has 2 fully saturated rings. The van der Waals surface area contributed by atoms with Crippen molar-refractivity contribution in [1.82, 2.24) is 0 Å². The quantitative estimate of drug-likeness (QED) is 0.695. The SMILES string of the molecule is CC(=O)O[C@H]1CC(=O)C(C)=C2[C@H]3OC(=O)[C@H](C)[C@@H]3CC[C@]21C. The average molecular weight is 306 g/mol. The molecule has 3 rings (SSSR count). The van der Waals surface area contributed by atoms with E-state index < -0.39 is 11.5 Å². The third kappa shape index (κ3) is 2.02. The standard InChI is InChI=1S/C17H22O5/c1-8-11-5-6-17(4)13(21-10(3)18)7-12(19)9(2)14(17)15(11)22-16(8)20/h8,11,13,15H,5-7H2,1-4H3/t8-,11+,13+,15+,17+/m1/s1. The van der Waals surface area contributed by atoms with Crippen molar-refractivity contribution in [3.05, 3.63) is 11.1 Å². The maximum atomic E-state index is 12.3. The Kier molecular flexibility index (Phi) is 3.42. The number of rotatable bonds is 1. The van der Waals surface area contributed by atoms with Crippen molar-refractivity contribution in [3.63, 3.8) is 0 Å². The first-order valence-electron chi connectivity index (χ1n) is 7.88. The van der Waals surface area contributed by atoms with Gasteiger partial charge in [-0.2, -0.15) is 0 Å². The molecule has 0 aromatic heterocycles. The van der Waals surface area contributed by atoms with E-state index in [2.05, 4.69) is 0 Å². The first kappa shape index (κ1) is 15.3. The highest BCUT2D eigenvalue weighted by Crippen LogP contribution is 2.55. The molecule has 5 atom stereocenters. The van der Waals surface area contributed by atoms with Crippen LogP contribution in [0.1, 0.15) is 47.0 Å². The zero-order chi connectivity index (χ0) is 16.2. The second kappa shape index (κ2) is 4.93. The maximum Gasteiger partial charge on any atom is 0.309 e. The minimum absolute atomic E-state index is 0.0185. The lowest BCUT2D eigenvalue weighted by Gasteiger charge is -2.49. The summed E-state index contributed by atoms with van der Waals surface area (Å²) < 4.78 is 11.0. The molecule has 0 amide bonds. The molecule has 0 bridgehead atoms. The molecule has 120 valence electrons. The molecule has 1 saturated heterocycles. The highest BCUT2D eigenvalue weighted by molar-refractivity contribution is 5.98. The zero-order valence-electron chi connectivity index (χ0n) is 13.5. The predicted molar refractivity (Wildman–Crippen MR) is 77.8 cm³/mol. The van der Waals surface area contributed by atoms with Crippen LogP contribution >= 0.6 is 0 Å². The van der Waals surface area contributed by atoms with Crippen LogP contribution in [0.3, 0.4) is 0 Å². The summed E-state index contributed by atoms with van der Waals surface area (Å²) in [5.41, 5.74) is 1.14. The zero-order valence-corrected chi connectivity index (χ0v) is 13.5. The molecule has 0 unspecified atom stereocenters. The van der Waals surface area contributed by atoms with E-state index in [0.717, 1.165) is 18.4 Å². The molecule has 1 aliphatic heterocycles. The van der Waals surface area contributed by atoms with Crippen molar-refractivity contribution < 1.29 is 23.9 Å². The van der Waals surface area contributed by atoms with Crippen molar-refractivity contribution in [2.75, 3.05) is 0 Å². The molecule has 2 aliphatic carbocycles. The Bertz CT molecular complexity index is 590. The van der Waals surface area contributed by atoms with E-state index in [-0.39, 0.29) is 42.1 Å². The number of Topliss-reactive ketones (excluding diaryl/α,β-unsaturated/α-hetero) is 1. The summed E-state index contributed by atoms with van der Waals surface area (Å²) in [7, 11) is 0. The number of ketones is 1. The topological polar surface area (TPSA) is 69.7 Å². The molecular weight excluding hydrogens is 284 g/mol. The molecule has 5 heteroatoms. The van der Waals surface area contributed by atoms with Crippen LogP contribution in [0.5, 0.6) is 0 Å². The number of hydrogen-bond acceptors (Lipinski definition) is 5. The van der Waals surface area contributed by atoms with E-state index >= 15 is 0 Å². The molecule has 5 nitrogen and oxygen atoms in total. The van der Waals surface area contributed by atoms with Gasteiger partial charge >= 0.3 is 11.9 Å². The number of allylic oxidation sites excluding steroid dienone is 1. The van der Waals surface area contributed by atoms with Crippen molar-refractivity contribution in [2.24, 2.45) is 17.3 Å². The fourth-order valence-electron chi connectivity index (χ4n) is 4.40. The van der Waals surface area contributed by atoms with Gasteiger partial charge in [0.1, 0.15) is 12.2 Å². The van der Waals surface area contributed by atoms with E-state index in [9.17, 15) is 14.4 Å². The smallest absolute Gasteiger partial charge is 0.309 e. The number of ether oxygens (including phenoxy) is 2. The van der Waals surface area contributed by atoms with Gasteiger partial charge in [-0.15, -0.1) is 0 Å². The Balaban J connectivity index is 2.06. The largest absolute Gasteiger partial charge is 0.461 e. The Hall–Kier alpha value is -1.65. The summed E-state index contributed by atoms with van der Waals surface area (Å²) in [5, 5.41) is 0. The Morgan fingerprint density at radius 2 is 2.05 bits per heavy atom. The van der Waals surface area contributed by atoms with Crippen LogP contribution in [0.2, 0.25) is 0 Å². The average Bonchev–Trinajstić information content (AvgIpc) is 2.71. The van der Waals surface area contributed by atoms with Gasteiger partial charge in [0.05, 0.1) is 5.92 Å². The summed E-state index contributed by atoms with van der Waals surface area (Å²) in [6, 6.07) is 0. The van der Waals surface area contributed by atoms with Crippen molar-refractivity contribution >= 4 is 17.7 Å². The van der Waals surface area contributed by atoms with Gasteiger partial charge in [0.15, 0.2) is 5.78 Å². The molecule has 0 aromatic rings. The summed E-state index contributed by atoms with van der Waals surface area (Å²) in [6.45, 7) is 7.08. The van der Waals surface area contributed by atoms with E-state index in [1.807, 2.05) is 13.8 Å². The van der Waals surface area contributed by atoms with Gasteiger partial charge in [-0.3, -0.25) is 14.4 Å². The minimum atomic E-state index is -0.466. The molecule has 1 heterocycles. The van der Waals surface area contributed by atoms with E-state index in [4.69, 9.17) is 9.47 Å². The number of fused-ring (bicyclic) bond motifs is 3. The van der Waals surface area contributed by atoms with E-state index in [1.165, 1.54) is 6.92 Å². The fourth-order valence-corrected chi connectivity index (χ4v) is 4.40. The lowest BCUT2D eigenvalue weighted by atomic mass is 9.58. The first-order chi connectivity index (χ1) is 10.3. The second-order valence-electron chi connectivity index (χ2n) is 7.03. The number of carbonyl (C=O) groups is 3. The third-order valence-electron chi connectivity index (χ3n) is 5.75. The van der Waals surface area contributed by atoms with E-state index in [1.54, 1.807) is 6.92 Å². The predicted octanol–water partition coefficient (Wildman–Crippen LogP) is 2.19. The van der Waals surface area contributed by atoms with Crippen LogP contribution in [-0.2, 0) is 23.9 Å². The van der Waals surface area contributed by atoms with Crippen LogP contribution in [0, 0.1) is 17.3 Å². The van der Waals surface area contributed by atoms with Crippen LogP contribution in [-0.4, -0.2) is 29.9 Å². The van der Waals surface area contributed by atoms with Gasteiger partial charge < -0.3 is 9.47 Å².